The molecule has 4 atom stereocenters. The Labute approximate surface area is 116 Å². The highest BCUT2D eigenvalue weighted by molar-refractivity contribution is 5.35. The van der Waals surface area contributed by atoms with Crippen molar-refractivity contribution in [3.63, 3.8) is 0 Å². The summed E-state index contributed by atoms with van der Waals surface area (Å²) in [5.74, 6) is 0. The maximum absolute atomic E-state index is 10.2. The minimum atomic E-state index is -1.08. The van der Waals surface area contributed by atoms with Crippen molar-refractivity contribution in [2.24, 2.45) is 0 Å². The standard InChI is InChI=1S/C16H16O4/c17-13-9-3-1-4-10(7-9)14(18)16(20)12-6-2-5-11(8-12)15(13)19/h1-8,13-20H. The molecule has 4 bridgehead atoms. The Morgan fingerprint density at radius 2 is 0.750 bits per heavy atom. The van der Waals surface area contributed by atoms with Gasteiger partial charge < -0.3 is 20.4 Å². The van der Waals surface area contributed by atoms with Gasteiger partial charge in [-0.15, -0.1) is 0 Å². The molecule has 2 aromatic rings. The molecule has 4 N–H and O–H groups in total. The Morgan fingerprint density at radius 3 is 1.00 bits per heavy atom. The molecule has 0 aromatic heterocycles. The fourth-order valence-corrected chi connectivity index (χ4v) is 2.58. The quantitative estimate of drug-likeness (QED) is 0.586. The third kappa shape index (κ3) is 2.13. The summed E-state index contributed by atoms with van der Waals surface area (Å²) in [6.45, 7) is 0. The van der Waals surface area contributed by atoms with E-state index in [0.29, 0.717) is 22.3 Å². The summed E-state index contributed by atoms with van der Waals surface area (Å²) in [7, 11) is 0. The zero-order chi connectivity index (χ0) is 14.3. The maximum Gasteiger partial charge on any atom is 0.109 e. The molecule has 4 unspecified atom stereocenters. The van der Waals surface area contributed by atoms with Crippen LogP contribution in [0.15, 0.2) is 48.5 Å². The molecule has 0 heterocycles. The first-order chi connectivity index (χ1) is 9.58. The summed E-state index contributed by atoms with van der Waals surface area (Å²) in [5, 5.41) is 41.0. The van der Waals surface area contributed by atoms with Gasteiger partial charge in [-0.3, -0.25) is 0 Å². The van der Waals surface area contributed by atoms with Crippen LogP contribution < -0.4 is 0 Å². The van der Waals surface area contributed by atoms with Crippen LogP contribution in [0.3, 0.4) is 0 Å². The predicted octanol–water partition coefficient (Wildman–Crippen LogP) is 1.53. The summed E-state index contributed by atoms with van der Waals surface area (Å²) >= 11 is 0. The van der Waals surface area contributed by atoms with Gasteiger partial charge in [0.05, 0.1) is 0 Å². The summed E-state index contributed by atoms with van der Waals surface area (Å²) in [5.41, 5.74) is 2.03. The number of hydrogen-bond acceptors (Lipinski definition) is 4. The molecule has 2 aromatic carbocycles. The second kappa shape index (κ2) is 5.00. The van der Waals surface area contributed by atoms with Crippen molar-refractivity contribution in [2.75, 3.05) is 0 Å². The average Bonchev–Trinajstić information content (AvgIpc) is 2.51. The molecule has 1 aliphatic rings. The first-order valence-electron chi connectivity index (χ1n) is 6.50. The SMILES string of the molecule is OC1c2cccc(c2)C(O)C(O)c2cccc(c2)C1O. The first-order valence-corrected chi connectivity index (χ1v) is 6.50. The molecule has 0 saturated heterocycles. The van der Waals surface area contributed by atoms with Gasteiger partial charge in [-0.25, -0.2) is 0 Å². The Bertz CT molecular complexity index is 523. The molecule has 3 rings (SSSR count). The van der Waals surface area contributed by atoms with Crippen LogP contribution in [0.4, 0.5) is 0 Å². The smallest absolute Gasteiger partial charge is 0.109 e. The molecular weight excluding hydrogens is 256 g/mol. The minimum Gasteiger partial charge on any atom is -0.385 e. The summed E-state index contributed by atoms with van der Waals surface area (Å²) < 4.78 is 0. The van der Waals surface area contributed by atoms with Crippen LogP contribution in [0.25, 0.3) is 0 Å². The van der Waals surface area contributed by atoms with E-state index < -0.39 is 24.4 Å². The lowest BCUT2D eigenvalue weighted by Crippen LogP contribution is -2.16. The zero-order valence-corrected chi connectivity index (χ0v) is 10.7. The van der Waals surface area contributed by atoms with E-state index in [2.05, 4.69) is 0 Å². The van der Waals surface area contributed by atoms with E-state index in [1.807, 2.05) is 0 Å². The Morgan fingerprint density at radius 1 is 0.500 bits per heavy atom. The largest absolute Gasteiger partial charge is 0.385 e. The molecule has 0 amide bonds. The van der Waals surface area contributed by atoms with E-state index in [4.69, 9.17) is 0 Å². The van der Waals surface area contributed by atoms with Gasteiger partial charge >= 0.3 is 0 Å². The fourth-order valence-electron chi connectivity index (χ4n) is 2.58. The van der Waals surface area contributed by atoms with Crippen LogP contribution in [0.1, 0.15) is 46.7 Å². The Hall–Kier alpha value is -1.72. The van der Waals surface area contributed by atoms with Gasteiger partial charge in [-0.1, -0.05) is 48.5 Å². The predicted molar refractivity (Wildman–Crippen MR) is 72.7 cm³/mol. The molecule has 4 nitrogen and oxygen atoms in total. The highest BCUT2D eigenvalue weighted by Gasteiger charge is 2.27. The van der Waals surface area contributed by atoms with Gasteiger partial charge in [-0.2, -0.15) is 0 Å². The number of benzene rings is 2. The van der Waals surface area contributed by atoms with Crippen LogP contribution in [0, 0.1) is 0 Å². The monoisotopic (exact) mass is 272 g/mol. The molecule has 20 heavy (non-hydrogen) atoms. The molecule has 0 saturated carbocycles. The lowest BCUT2D eigenvalue weighted by molar-refractivity contribution is 0.00881. The van der Waals surface area contributed by atoms with Crippen LogP contribution in [-0.2, 0) is 0 Å². The molecule has 0 radical (unpaired) electrons. The van der Waals surface area contributed by atoms with Gasteiger partial charge in [0.15, 0.2) is 0 Å². The van der Waals surface area contributed by atoms with Gasteiger partial charge in [0, 0.05) is 0 Å². The summed E-state index contributed by atoms with van der Waals surface area (Å²) in [6.07, 6.45) is -4.31. The van der Waals surface area contributed by atoms with Crippen molar-refractivity contribution in [2.45, 2.75) is 24.4 Å². The van der Waals surface area contributed by atoms with Crippen LogP contribution >= 0.6 is 0 Å². The van der Waals surface area contributed by atoms with Gasteiger partial charge in [0.25, 0.3) is 0 Å². The second-order valence-corrected chi connectivity index (χ2v) is 5.12. The first kappa shape index (κ1) is 13.3. The van der Waals surface area contributed by atoms with Gasteiger partial charge in [0.2, 0.25) is 0 Å². The van der Waals surface area contributed by atoms with Crippen molar-refractivity contribution in [3.05, 3.63) is 70.8 Å². The van der Waals surface area contributed by atoms with Crippen molar-refractivity contribution in [1.82, 2.24) is 0 Å². The van der Waals surface area contributed by atoms with Gasteiger partial charge in [0.1, 0.15) is 24.4 Å². The van der Waals surface area contributed by atoms with Crippen LogP contribution in [-0.4, -0.2) is 20.4 Å². The van der Waals surface area contributed by atoms with E-state index >= 15 is 0 Å². The Balaban J connectivity index is 2.19. The lowest BCUT2D eigenvalue weighted by atomic mass is 9.89. The molecule has 4 heteroatoms. The molecule has 0 spiro atoms. The number of hydrogen-bond donors (Lipinski definition) is 4. The van der Waals surface area contributed by atoms with Crippen molar-refractivity contribution in [3.8, 4) is 0 Å². The van der Waals surface area contributed by atoms with E-state index in [1.54, 1.807) is 48.5 Å². The molecular formula is C16H16O4. The Kier molecular flexibility index (Phi) is 3.31. The topological polar surface area (TPSA) is 80.9 Å². The third-order valence-electron chi connectivity index (χ3n) is 3.79. The van der Waals surface area contributed by atoms with Gasteiger partial charge in [-0.05, 0) is 22.3 Å². The van der Waals surface area contributed by atoms with Crippen molar-refractivity contribution < 1.29 is 20.4 Å². The summed E-state index contributed by atoms with van der Waals surface area (Å²) in [4.78, 5) is 0. The average molecular weight is 272 g/mol. The van der Waals surface area contributed by atoms with E-state index in [1.165, 1.54) is 0 Å². The highest BCUT2D eigenvalue weighted by Crippen LogP contribution is 2.36. The lowest BCUT2D eigenvalue weighted by Gasteiger charge is -2.25. The number of aliphatic hydroxyl groups excluding tert-OH is 4. The van der Waals surface area contributed by atoms with E-state index in [9.17, 15) is 20.4 Å². The zero-order valence-electron chi connectivity index (χ0n) is 10.7. The number of fused-ring (bicyclic) bond motifs is 4. The minimum absolute atomic E-state index is 0.508. The third-order valence-corrected chi connectivity index (χ3v) is 3.79. The number of aliphatic hydroxyl groups is 4. The van der Waals surface area contributed by atoms with Crippen molar-refractivity contribution >= 4 is 0 Å². The number of rotatable bonds is 0. The van der Waals surface area contributed by atoms with Crippen LogP contribution in [0.5, 0.6) is 0 Å². The highest BCUT2D eigenvalue weighted by atomic mass is 16.3. The summed E-state index contributed by atoms with van der Waals surface area (Å²) in [6, 6.07) is 13.3. The molecule has 0 fully saturated rings. The van der Waals surface area contributed by atoms with E-state index in [0.717, 1.165) is 0 Å². The molecule has 0 aliphatic heterocycles. The maximum atomic E-state index is 10.2. The normalized spacial score (nSPS) is 29.0. The molecule has 104 valence electrons. The van der Waals surface area contributed by atoms with E-state index in [-0.39, 0.29) is 0 Å². The fraction of sp³-hybridized carbons (Fsp3) is 0.250. The molecule has 1 aliphatic carbocycles. The van der Waals surface area contributed by atoms with Crippen molar-refractivity contribution in [1.29, 1.82) is 0 Å². The van der Waals surface area contributed by atoms with Crippen LogP contribution in [0.2, 0.25) is 0 Å². The second-order valence-electron chi connectivity index (χ2n) is 5.12.